The number of hydrogen-bond acceptors (Lipinski definition) is 2. The molecule has 0 saturated carbocycles. The molecule has 0 radical (unpaired) electrons. The van der Waals surface area contributed by atoms with Crippen molar-refractivity contribution in [2.45, 2.75) is 0 Å². The molecule has 0 bridgehead atoms. The molecule has 0 rings (SSSR count). The number of nitrogens with two attached hydrogens (primary N) is 1. The van der Waals surface area contributed by atoms with Crippen molar-refractivity contribution in [2.75, 3.05) is 0 Å². The number of carbonyl (C=O) groups excluding carboxylic acids is 1. The van der Waals surface area contributed by atoms with Gasteiger partial charge in [-0.25, -0.2) is 14.9 Å². The highest BCUT2D eigenvalue weighted by Gasteiger charge is 1.94. The fraction of sp³-hybridized carbons (Fsp3) is 0. The van der Waals surface area contributed by atoms with Gasteiger partial charge < -0.3 is 16.3 Å². The highest BCUT2D eigenvalue weighted by molar-refractivity contribution is 5.88. The molecule has 48 valence electrons. The largest absolute Gasteiger partial charge is 0.465 e. The Morgan fingerprint density at radius 2 is 1.88 bits per heavy atom. The molecule has 0 aromatic carbocycles. The van der Waals surface area contributed by atoms with Crippen LogP contribution in [0.2, 0.25) is 0 Å². The van der Waals surface area contributed by atoms with E-state index in [1.54, 1.807) is 0 Å². The molecule has 0 aromatic heterocycles. The molecule has 6 nitrogen and oxygen atoms in total. The van der Waals surface area contributed by atoms with Crippen molar-refractivity contribution >= 4 is 12.1 Å². The van der Waals surface area contributed by atoms with E-state index in [1.165, 1.54) is 5.32 Å². The Morgan fingerprint density at radius 1 is 1.50 bits per heavy atom. The Bertz CT molecular complexity index is 88.2. The average Bonchev–Trinajstić information content (AvgIpc) is 1.27. The Morgan fingerprint density at radius 3 is 1.88 bits per heavy atom. The maximum atomic E-state index is 9.54. The summed E-state index contributed by atoms with van der Waals surface area (Å²) in [6.07, 6.45) is -1.44. The zero-order valence-electron chi connectivity index (χ0n) is 3.84. The van der Waals surface area contributed by atoms with Crippen LogP contribution in [-0.4, -0.2) is 22.7 Å². The maximum Gasteiger partial charge on any atom is 0.412 e. The highest BCUT2D eigenvalue weighted by Crippen LogP contribution is 1.55. The number of carbonyl (C=O) groups is 2. The van der Waals surface area contributed by atoms with Crippen LogP contribution in [0.15, 0.2) is 0 Å². The lowest BCUT2D eigenvalue weighted by molar-refractivity contribution is 0.193. The number of rotatable bonds is 0. The minimum absolute atomic E-state index is 0. The number of imide groups is 1. The van der Waals surface area contributed by atoms with Crippen LogP contribution in [-0.2, 0) is 0 Å². The van der Waals surface area contributed by atoms with E-state index in [0.717, 1.165) is 0 Å². The third kappa shape index (κ3) is 8.83. The number of amides is 3. The molecule has 6 N–H and O–H groups in total. The molecule has 0 aliphatic rings. The monoisotopic (exact) mass is 122 g/mol. The van der Waals surface area contributed by atoms with Gasteiger partial charge in [0.15, 0.2) is 0 Å². The highest BCUT2D eigenvalue weighted by atomic mass is 16.4. The molecule has 0 spiro atoms. The SMILES string of the molecule is NC(=O)NC(=O)O.O. The van der Waals surface area contributed by atoms with Gasteiger partial charge in [-0.2, -0.15) is 0 Å². The van der Waals surface area contributed by atoms with Crippen LogP contribution in [0, 0.1) is 0 Å². The van der Waals surface area contributed by atoms with Crippen molar-refractivity contribution in [3.05, 3.63) is 0 Å². The van der Waals surface area contributed by atoms with E-state index in [-0.39, 0.29) is 5.48 Å². The molecular formula is C2H6N2O4. The van der Waals surface area contributed by atoms with Crippen LogP contribution < -0.4 is 11.1 Å². The molecular weight excluding hydrogens is 116 g/mol. The predicted octanol–water partition coefficient (Wildman–Crippen LogP) is -1.49. The zero-order valence-corrected chi connectivity index (χ0v) is 3.84. The maximum absolute atomic E-state index is 9.54. The van der Waals surface area contributed by atoms with E-state index in [0.29, 0.717) is 0 Å². The summed E-state index contributed by atoms with van der Waals surface area (Å²) in [7, 11) is 0. The van der Waals surface area contributed by atoms with Gasteiger partial charge in [0.05, 0.1) is 0 Å². The van der Waals surface area contributed by atoms with E-state index >= 15 is 0 Å². The van der Waals surface area contributed by atoms with Gasteiger partial charge in [-0.3, -0.25) is 0 Å². The molecule has 0 heterocycles. The van der Waals surface area contributed by atoms with Crippen molar-refractivity contribution in [3.8, 4) is 0 Å². The summed E-state index contributed by atoms with van der Waals surface area (Å²) in [5.74, 6) is 0. The lowest BCUT2D eigenvalue weighted by atomic mass is 11.0. The van der Waals surface area contributed by atoms with Crippen molar-refractivity contribution in [1.29, 1.82) is 0 Å². The minimum Gasteiger partial charge on any atom is -0.465 e. The third-order valence-electron chi connectivity index (χ3n) is 0.230. The summed E-state index contributed by atoms with van der Waals surface area (Å²) in [4.78, 5) is 18.9. The number of nitrogens with one attached hydrogen (secondary N) is 1. The second kappa shape index (κ2) is 3.88. The van der Waals surface area contributed by atoms with Gasteiger partial charge in [0.25, 0.3) is 0 Å². The van der Waals surface area contributed by atoms with Gasteiger partial charge in [-0.15, -0.1) is 0 Å². The van der Waals surface area contributed by atoms with Gasteiger partial charge in [0.1, 0.15) is 0 Å². The Hall–Kier alpha value is -1.30. The van der Waals surface area contributed by atoms with E-state index in [2.05, 4.69) is 5.73 Å². The van der Waals surface area contributed by atoms with Gasteiger partial charge in [0, 0.05) is 0 Å². The lowest BCUT2D eigenvalue weighted by Crippen LogP contribution is -2.33. The number of hydrogen-bond donors (Lipinski definition) is 3. The molecule has 0 aliphatic heterocycles. The van der Waals surface area contributed by atoms with Crippen LogP contribution in [0.5, 0.6) is 0 Å². The molecule has 8 heavy (non-hydrogen) atoms. The predicted molar refractivity (Wildman–Crippen MR) is 24.4 cm³/mol. The third-order valence-corrected chi connectivity index (χ3v) is 0.230. The normalized spacial score (nSPS) is 6.50. The first-order valence-corrected chi connectivity index (χ1v) is 1.42. The van der Waals surface area contributed by atoms with E-state index in [4.69, 9.17) is 5.11 Å². The van der Waals surface area contributed by atoms with Crippen LogP contribution in [0.4, 0.5) is 9.59 Å². The Labute approximate surface area is 44.6 Å². The molecule has 3 amide bonds. The summed E-state index contributed by atoms with van der Waals surface area (Å²) in [5.41, 5.74) is 4.36. The summed E-state index contributed by atoms with van der Waals surface area (Å²) < 4.78 is 0. The van der Waals surface area contributed by atoms with Crippen LogP contribution in [0.1, 0.15) is 0 Å². The molecule has 0 fully saturated rings. The van der Waals surface area contributed by atoms with Gasteiger partial charge >= 0.3 is 12.1 Å². The number of carboxylic acid groups (broad SMARTS) is 1. The first-order chi connectivity index (χ1) is 3.13. The molecule has 6 heteroatoms. The first kappa shape index (κ1) is 9.85. The molecule has 0 unspecified atom stereocenters. The zero-order chi connectivity index (χ0) is 5.86. The molecule has 0 saturated heterocycles. The van der Waals surface area contributed by atoms with Crippen molar-refractivity contribution in [1.82, 2.24) is 5.32 Å². The van der Waals surface area contributed by atoms with Crippen LogP contribution in [0.25, 0.3) is 0 Å². The van der Waals surface area contributed by atoms with Crippen molar-refractivity contribution in [2.24, 2.45) is 5.73 Å². The fourth-order valence-corrected chi connectivity index (χ4v) is 0.105. The number of urea groups is 1. The minimum atomic E-state index is -1.44. The first-order valence-electron chi connectivity index (χ1n) is 1.42. The molecule has 0 atom stereocenters. The van der Waals surface area contributed by atoms with Crippen LogP contribution >= 0.6 is 0 Å². The standard InChI is InChI=1S/C2H4N2O3.H2O/c3-1(5)4-2(6)7;/h(H,6,7)(H3,3,4,5);1H2. The van der Waals surface area contributed by atoms with E-state index < -0.39 is 12.1 Å². The van der Waals surface area contributed by atoms with Gasteiger partial charge in [-0.05, 0) is 0 Å². The van der Waals surface area contributed by atoms with Crippen LogP contribution in [0.3, 0.4) is 0 Å². The van der Waals surface area contributed by atoms with Crippen molar-refractivity contribution < 1.29 is 20.2 Å². The van der Waals surface area contributed by atoms with Gasteiger partial charge in [-0.1, -0.05) is 0 Å². The second-order valence-electron chi connectivity index (χ2n) is 0.794. The Balaban J connectivity index is 0. The van der Waals surface area contributed by atoms with Gasteiger partial charge in [0.2, 0.25) is 0 Å². The van der Waals surface area contributed by atoms with E-state index in [1.807, 2.05) is 0 Å². The van der Waals surface area contributed by atoms with E-state index in [9.17, 15) is 9.59 Å². The fourth-order valence-electron chi connectivity index (χ4n) is 0.105. The lowest BCUT2D eigenvalue weighted by Gasteiger charge is -1.86. The molecule has 0 aromatic rings. The topological polar surface area (TPSA) is 124 Å². The van der Waals surface area contributed by atoms with Crippen molar-refractivity contribution in [3.63, 3.8) is 0 Å². The summed E-state index contributed by atoms with van der Waals surface area (Å²) in [6, 6.07) is -1.06. The average molecular weight is 122 g/mol. The summed E-state index contributed by atoms with van der Waals surface area (Å²) in [5, 5.41) is 9.03. The summed E-state index contributed by atoms with van der Waals surface area (Å²) >= 11 is 0. The quantitative estimate of drug-likeness (QED) is 0.362. The number of primary amides is 1. The Kier molecular flexibility index (Phi) is 4.77. The smallest absolute Gasteiger partial charge is 0.412 e. The second-order valence-corrected chi connectivity index (χ2v) is 0.794. The summed E-state index contributed by atoms with van der Waals surface area (Å²) in [6.45, 7) is 0. The molecule has 0 aliphatic carbocycles.